The molecule has 1 aromatic heterocycles. The van der Waals surface area contributed by atoms with Gasteiger partial charge in [-0.05, 0) is 55.4 Å². The number of ether oxygens (including phenoxy) is 1. The molecule has 2 aliphatic rings. The number of carbonyl (C=O) groups is 1. The van der Waals surface area contributed by atoms with Gasteiger partial charge < -0.3 is 14.5 Å². The molecule has 1 saturated heterocycles. The topological polar surface area (TPSA) is 54.7 Å². The number of para-hydroxylation sites is 1. The van der Waals surface area contributed by atoms with E-state index in [1.54, 1.807) is 18.9 Å². The van der Waals surface area contributed by atoms with Crippen molar-refractivity contribution in [3.05, 3.63) is 71.5 Å². The number of carbonyl (C=O) groups excluding carboxylic acids is 1. The summed E-state index contributed by atoms with van der Waals surface area (Å²) in [5.74, 6) is 1.55. The Morgan fingerprint density at radius 2 is 1.94 bits per heavy atom. The van der Waals surface area contributed by atoms with Crippen LogP contribution in [0.15, 0.2) is 59.0 Å². The molecule has 1 fully saturated rings. The maximum absolute atomic E-state index is 12.5. The van der Waals surface area contributed by atoms with Crippen molar-refractivity contribution in [2.75, 3.05) is 32.2 Å². The van der Waals surface area contributed by atoms with Crippen LogP contribution < -0.4 is 5.32 Å². The number of hydrogen-bond acceptors (Lipinski definition) is 5. The van der Waals surface area contributed by atoms with E-state index < -0.39 is 0 Å². The highest BCUT2D eigenvalue weighted by atomic mass is 32.2. The van der Waals surface area contributed by atoms with Crippen molar-refractivity contribution < 1.29 is 13.9 Å². The Labute approximate surface area is 193 Å². The molecule has 1 aliphatic heterocycles. The van der Waals surface area contributed by atoms with E-state index in [4.69, 9.17) is 9.15 Å². The highest BCUT2D eigenvalue weighted by Gasteiger charge is 2.53. The lowest BCUT2D eigenvalue weighted by Gasteiger charge is -2.44. The first-order valence-corrected chi connectivity index (χ1v) is 12.6. The normalized spacial score (nSPS) is 22.3. The number of piperidine rings is 1. The van der Waals surface area contributed by atoms with Crippen molar-refractivity contribution in [1.29, 1.82) is 0 Å². The van der Waals surface area contributed by atoms with Crippen LogP contribution >= 0.6 is 11.8 Å². The standard InChI is InChI=1S/C26H30N2O3S/c1-30-25-24(27-23(29)17-32-2)20-8-4-5-9-21(20)26(25)11-13-28(14-12-26)16-19-15-18-7-3-6-10-22(18)31-19/h3-10,15,24-25H,11-14,16-17H2,1-2H3,(H,27,29)/t24-,25+/m1/s1. The number of nitrogens with one attached hydrogen (secondary N) is 1. The number of fused-ring (bicyclic) bond motifs is 3. The zero-order chi connectivity index (χ0) is 22.1. The minimum Gasteiger partial charge on any atom is -0.460 e. The Balaban J connectivity index is 1.35. The van der Waals surface area contributed by atoms with Crippen molar-refractivity contribution in [3.63, 3.8) is 0 Å². The summed E-state index contributed by atoms with van der Waals surface area (Å²) in [6.07, 6.45) is 3.89. The summed E-state index contributed by atoms with van der Waals surface area (Å²) in [4.78, 5) is 14.9. The van der Waals surface area contributed by atoms with Crippen molar-refractivity contribution >= 4 is 28.6 Å². The number of hydrogen-bond donors (Lipinski definition) is 1. The minimum absolute atomic E-state index is 0.0564. The molecule has 0 unspecified atom stereocenters. The Bertz CT molecular complexity index is 1070. The number of amides is 1. The Kier molecular flexibility index (Phi) is 6.01. The van der Waals surface area contributed by atoms with Crippen LogP contribution in [-0.2, 0) is 21.5 Å². The molecule has 0 radical (unpaired) electrons. The molecule has 2 heterocycles. The van der Waals surface area contributed by atoms with Crippen LogP contribution in [0.5, 0.6) is 0 Å². The van der Waals surface area contributed by atoms with E-state index in [1.807, 2.05) is 24.5 Å². The fourth-order valence-electron chi connectivity index (χ4n) is 5.72. The average molecular weight is 451 g/mol. The summed E-state index contributed by atoms with van der Waals surface area (Å²) >= 11 is 1.54. The highest BCUT2D eigenvalue weighted by Crippen LogP contribution is 2.52. The zero-order valence-electron chi connectivity index (χ0n) is 18.7. The molecule has 0 saturated carbocycles. The fraction of sp³-hybridized carbons (Fsp3) is 0.423. The van der Waals surface area contributed by atoms with E-state index in [9.17, 15) is 4.79 Å². The second-order valence-electron chi connectivity index (χ2n) is 8.90. The SMILES string of the molecule is CO[C@H]1[C@H](NC(=O)CSC)c2ccccc2C12CCN(Cc1cc3ccccc3o1)CC2. The summed E-state index contributed by atoms with van der Waals surface area (Å²) in [5.41, 5.74) is 3.42. The highest BCUT2D eigenvalue weighted by molar-refractivity contribution is 7.99. The van der Waals surface area contributed by atoms with Gasteiger partial charge in [0.15, 0.2) is 0 Å². The maximum Gasteiger partial charge on any atom is 0.230 e. The molecule has 1 N–H and O–H groups in total. The second-order valence-corrected chi connectivity index (χ2v) is 9.77. The molecule has 32 heavy (non-hydrogen) atoms. The van der Waals surface area contributed by atoms with Crippen molar-refractivity contribution in [2.24, 2.45) is 0 Å². The van der Waals surface area contributed by atoms with Crippen LogP contribution in [0.25, 0.3) is 11.0 Å². The lowest BCUT2D eigenvalue weighted by atomic mass is 9.72. The third kappa shape index (κ3) is 3.74. The summed E-state index contributed by atoms with van der Waals surface area (Å²) in [5, 5.41) is 4.42. The van der Waals surface area contributed by atoms with Gasteiger partial charge in [-0.1, -0.05) is 42.5 Å². The summed E-state index contributed by atoms with van der Waals surface area (Å²) < 4.78 is 12.2. The molecule has 2 atom stereocenters. The van der Waals surface area contributed by atoms with Crippen LogP contribution in [0.3, 0.4) is 0 Å². The number of benzene rings is 2. The summed E-state index contributed by atoms with van der Waals surface area (Å²) in [6.45, 7) is 2.76. The summed E-state index contributed by atoms with van der Waals surface area (Å²) in [6, 6.07) is 18.8. The molecule has 5 rings (SSSR count). The molecule has 3 aromatic rings. The van der Waals surface area contributed by atoms with E-state index in [1.165, 1.54) is 11.1 Å². The van der Waals surface area contributed by atoms with Gasteiger partial charge in [0, 0.05) is 17.9 Å². The predicted molar refractivity (Wildman–Crippen MR) is 129 cm³/mol. The molecule has 2 aromatic carbocycles. The van der Waals surface area contributed by atoms with Gasteiger partial charge in [0.1, 0.15) is 11.3 Å². The molecule has 1 aliphatic carbocycles. The van der Waals surface area contributed by atoms with E-state index in [-0.39, 0.29) is 23.5 Å². The number of nitrogens with zero attached hydrogens (tertiary/aromatic N) is 1. The van der Waals surface area contributed by atoms with Crippen molar-refractivity contribution in [2.45, 2.75) is 36.9 Å². The molecule has 1 amide bonds. The third-order valence-corrected chi connectivity index (χ3v) is 7.68. The van der Waals surface area contributed by atoms with Gasteiger partial charge in [-0.2, -0.15) is 11.8 Å². The third-order valence-electron chi connectivity index (χ3n) is 7.13. The fourth-order valence-corrected chi connectivity index (χ4v) is 6.06. The first kappa shape index (κ1) is 21.6. The number of thioether (sulfide) groups is 1. The number of methoxy groups -OCH3 is 1. The Morgan fingerprint density at radius 1 is 1.19 bits per heavy atom. The number of furan rings is 1. The van der Waals surface area contributed by atoms with Gasteiger partial charge in [0.05, 0.1) is 24.4 Å². The molecule has 0 bridgehead atoms. The van der Waals surface area contributed by atoms with E-state index in [2.05, 4.69) is 46.6 Å². The van der Waals surface area contributed by atoms with Gasteiger partial charge in [-0.3, -0.25) is 9.69 Å². The van der Waals surface area contributed by atoms with Gasteiger partial charge in [-0.25, -0.2) is 0 Å². The molecule has 168 valence electrons. The predicted octanol–water partition coefficient (Wildman–Crippen LogP) is 4.52. The van der Waals surface area contributed by atoms with Crippen LogP contribution in [0.4, 0.5) is 0 Å². The number of rotatable bonds is 6. The van der Waals surface area contributed by atoms with E-state index in [0.717, 1.165) is 49.2 Å². The zero-order valence-corrected chi connectivity index (χ0v) is 19.5. The number of likely N-dealkylation sites (tertiary alicyclic amines) is 1. The largest absolute Gasteiger partial charge is 0.460 e. The van der Waals surface area contributed by atoms with Crippen LogP contribution in [0, 0.1) is 0 Å². The van der Waals surface area contributed by atoms with Crippen LogP contribution in [0.2, 0.25) is 0 Å². The van der Waals surface area contributed by atoms with Crippen LogP contribution in [0.1, 0.15) is 35.8 Å². The average Bonchev–Trinajstić information content (AvgIpc) is 3.32. The lowest BCUT2D eigenvalue weighted by Crippen LogP contribution is -2.50. The molecular weight excluding hydrogens is 420 g/mol. The van der Waals surface area contributed by atoms with Gasteiger partial charge in [-0.15, -0.1) is 0 Å². The van der Waals surface area contributed by atoms with E-state index in [0.29, 0.717) is 5.75 Å². The van der Waals surface area contributed by atoms with Gasteiger partial charge >= 0.3 is 0 Å². The quantitative estimate of drug-likeness (QED) is 0.599. The molecule has 6 heteroatoms. The molecule has 1 spiro atoms. The monoisotopic (exact) mass is 450 g/mol. The van der Waals surface area contributed by atoms with Crippen molar-refractivity contribution in [3.8, 4) is 0 Å². The maximum atomic E-state index is 12.5. The van der Waals surface area contributed by atoms with Crippen LogP contribution in [-0.4, -0.2) is 49.1 Å². The van der Waals surface area contributed by atoms with E-state index >= 15 is 0 Å². The van der Waals surface area contributed by atoms with Gasteiger partial charge in [0.25, 0.3) is 0 Å². The molecular formula is C26H30N2O3S. The second kappa shape index (κ2) is 8.93. The Hall–Kier alpha value is -2.28. The summed E-state index contributed by atoms with van der Waals surface area (Å²) in [7, 11) is 1.78. The smallest absolute Gasteiger partial charge is 0.230 e. The first-order chi connectivity index (χ1) is 15.6. The first-order valence-electron chi connectivity index (χ1n) is 11.2. The van der Waals surface area contributed by atoms with Crippen molar-refractivity contribution in [1.82, 2.24) is 10.2 Å². The Morgan fingerprint density at radius 3 is 2.69 bits per heavy atom. The minimum atomic E-state index is -0.0993. The van der Waals surface area contributed by atoms with Gasteiger partial charge in [0.2, 0.25) is 5.91 Å². The lowest BCUT2D eigenvalue weighted by molar-refractivity contribution is -0.121. The molecule has 5 nitrogen and oxygen atoms in total.